The number of anilines is 1. The number of nitrogens with one attached hydrogen (secondary N) is 1. The summed E-state index contributed by atoms with van der Waals surface area (Å²) in [4.78, 5) is 26.0. The topological polar surface area (TPSA) is 64.0 Å². The van der Waals surface area contributed by atoms with Crippen molar-refractivity contribution in [2.24, 2.45) is 0 Å². The molecule has 5 heteroatoms. The Morgan fingerprint density at radius 1 is 1.00 bits per heavy atom. The molecule has 0 saturated heterocycles. The van der Waals surface area contributed by atoms with E-state index in [1.165, 1.54) is 0 Å². The lowest BCUT2D eigenvalue weighted by molar-refractivity contribution is -0.116. The Hall–Kier alpha value is -3.21. The molecule has 1 aliphatic heterocycles. The molecule has 1 amide bonds. The average molecular weight is 387 g/mol. The van der Waals surface area contributed by atoms with Crippen molar-refractivity contribution < 1.29 is 9.59 Å². The molecule has 0 saturated carbocycles. The predicted molar refractivity (Wildman–Crippen MR) is 114 cm³/mol. The Kier molecular flexibility index (Phi) is 4.61. The number of carbonyl (C=O) groups is 2. The second kappa shape index (κ2) is 6.99. The summed E-state index contributed by atoms with van der Waals surface area (Å²) in [7, 11) is 0. The van der Waals surface area contributed by atoms with Gasteiger partial charge in [-0.05, 0) is 63.4 Å². The lowest BCUT2D eigenvalue weighted by atomic mass is 9.84. The Morgan fingerprint density at radius 3 is 2.34 bits per heavy atom. The van der Waals surface area contributed by atoms with E-state index in [1.807, 2.05) is 65.0 Å². The number of ketones is 1. The Bertz CT molecular complexity index is 1140. The van der Waals surface area contributed by atoms with E-state index >= 15 is 0 Å². The zero-order valence-electron chi connectivity index (χ0n) is 17.5. The molecule has 2 heterocycles. The van der Waals surface area contributed by atoms with Gasteiger partial charge in [0.05, 0.1) is 17.3 Å². The minimum Gasteiger partial charge on any atom is -0.310 e. The minimum atomic E-state index is -0.528. The first-order valence-electron chi connectivity index (χ1n) is 9.84. The fourth-order valence-corrected chi connectivity index (χ4v) is 4.31. The number of nitrogens with zero attached hydrogens (tertiary/aromatic N) is 2. The smallest absolute Gasteiger partial charge is 0.226 e. The average Bonchev–Trinajstić information content (AvgIpc) is 2.96. The Morgan fingerprint density at radius 2 is 1.69 bits per heavy atom. The zero-order valence-corrected chi connectivity index (χ0v) is 17.5. The first-order valence-corrected chi connectivity index (χ1v) is 9.84. The van der Waals surface area contributed by atoms with Gasteiger partial charge in [-0.1, -0.05) is 29.8 Å². The molecule has 1 N–H and O–H groups in total. The van der Waals surface area contributed by atoms with Gasteiger partial charge >= 0.3 is 0 Å². The highest BCUT2D eigenvalue weighted by atomic mass is 16.2. The molecule has 0 fully saturated rings. The number of amides is 1. The number of Topliss-reactive ketones (excluding diaryl/α,β-unsaturated/α-hetero) is 1. The van der Waals surface area contributed by atoms with Gasteiger partial charge in [-0.25, -0.2) is 4.68 Å². The molecule has 0 radical (unpaired) electrons. The van der Waals surface area contributed by atoms with Crippen LogP contribution in [-0.4, -0.2) is 21.5 Å². The number of aryl methyl sites for hydroxylation is 5. The molecule has 1 aliphatic rings. The standard InChI is InChI=1S/C24H25N3O2/c1-13-6-7-19(16(4)9-13)23(29)20-12-21(28)25-24-22(20)17(5)26-27(24)18-10-14(2)8-15(3)11-18/h6-11,20H,12H2,1-5H3,(H,25,28). The summed E-state index contributed by atoms with van der Waals surface area (Å²) in [6, 6.07) is 12.0. The molecule has 5 nitrogen and oxygen atoms in total. The lowest BCUT2D eigenvalue weighted by Gasteiger charge is -2.24. The van der Waals surface area contributed by atoms with Crippen LogP contribution >= 0.6 is 0 Å². The van der Waals surface area contributed by atoms with Crippen molar-refractivity contribution in [2.75, 3.05) is 5.32 Å². The highest BCUT2D eigenvalue weighted by Crippen LogP contribution is 2.38. The van der Waals surface area contributed by atoms with Gasteiger partial charge in [-0.15, -0.1) is 0 Å². The number of carbonyl (C=O) groups excluding carboxylic acids is 2. The monoisotopic (exact) mass is 387 g/mol. The number of hydrogen-bond donors (Lipinski definition) is 1. The molecule has 148 valence electrons. The first-order chi connectivity index (χ1) is 13.7. The molecule has 29 heavy (non-hydrogen) atoms. The van der Waals surface area contributed by atoms with Gasteiger partial charge in [0.25, 0.3) is 0 Å². The fourth-order valence-electron chi connectivity index (χ4n) is 4.31. The predicted octanol–water partition coefficient (Wildman–Crippen LogP) is 4.72. The van der Waals surface area contributed by atoms with Crippen molar-refractivity contribution in [3.8, 4) is 5.69 Å². The molecule has 0 bridgehead atoms. The molecule has 1 unspecified atom stereocenters. The van der Waals surface area contributed by atoms with Crippen LogP contribution in [-0.2, 0) is 4.79 Å². The number of fused-ring (bicyclic) bond motifs is 1. The van der Waals surface area contributed by atoms with Crippen molar-refractivity contribution in [1.29, 1.82) is 0 Å². The van der Waals surface area contributed by atoms with E-state index in [1.54, 1.807) is 4.68 Å². The van der Waals surface area contributed by atoms with E-state index in [-0.39, 0.29) is 18.1 Å². The number of hydrogen-bond acceptors (Lipinski definition) is 3. The number of rotatable bonds is 3. The normalized spacial score (nSPS) is 15.8. The van der Waals surface area contributed by atoms with Crippen molar-refractivity contribution >= 4 is 17.5 Å². The second-order valence-corrected chi connectivity index (χ2v) is 8.09. The molecule has 4 rings (SSSR count). The molecule has 2 aromatic carbocycles. The van der Waals surface area contributed by atoms with Gasteiger partial charge in [0.1, 0.15) is 5.82 Å². The highest BCUT2D eigenvalue weighted by Gasteiger charge is 2.36. The maximum absolute atomic E-state index is 13.4. The maximum atomic E-state index is 13.4. The van der Waals surface area contributed by atoms with E-state index in [9.17, 15) is 9.59 Å². The maximum Gasteiger partial charge on any atom is 0.226 e. The van der Waals surface area contributed by atoms with Crippen LogP contribution in [0.4, 0.5) is 5.82 Å². The van der Waals surface area contributed by atoms with Gasteiger partial charge in [-0.2, -0.15) is 5.10 Å². The van der Waals surface area contributed by atoms with Gasteiger partial charge in [-0.3, -0.25) is 9.59 Å². The fraction of sp³-hybridized carbons (Fsp3) is 0.292. The van der Waals surface area contributed by atoms with E-state index in [4.69, 9.17) is 5.10 Å². The first kappa shape index (κ1) is 19.1. The zero-order chi connectivity index (χ0) is 20.9. The molecule has 3 aromatic rings. The summed E-state index contributed by atoms with van der Waals surface area (Å²) < 4.78 is 1.75. The molecule has 1 atom stereocenters. The van der Waals surface area contributed by atoms with Crippen LogP contribution in [0.1, 0.15) is 56.2 Å². The second-order valence-electron chi connectivity index (χ2n) is 8.09. The van der Waals surface area contributed by atoms with Crippen LogP contribution in [0.15, 0.2) is 36.4 Å². The molecular weight excluding hydrogens is 362 g/mol. The molecule has 0 aliphatic carbocycles. The quantitative estimate of drug-likeness (QED) is 0.661. The van der Waals surface area contributed by atoms with Gasteiger partial charge in [0.15, 0.2) is 5.78 Å². The van der Waals surface area contributed by atoms with Gasteiger partial charge < -0.3 is 5.32 Å². The van der Waals surface area contributed by atoms with Crippen molar-refractivity contribution in [2.45, 2.75) is 47.0 Å². The molecule has 0 spiro atoms. The molecular formula is C24H25N3O2. The van der Waals surface area contributed by atoms with Gasteiger partial charge in [0, 0.05) is 17.5 Å². The largest absolute Gasteiger partial charge is 0.310 e. The summed E-state index contributed by atoms with van der Waals surface area (Å²) in [5.41, 5.74) is 7.41. The number of benzene rings is 2. The van der Waals surface area contributed by atoms with Crippen LogP contribution < -0.4 is 5.32 Å². The minimum absolute atomic E-state index is 0.0262. The highest BCUT2D eigenvalue weighted by molar-refractivity contribution is 6.08. The Balaban J connectivity index is 1.85. The third kappa shape index (κ3) is 3.37. The third-order valence-electron chi connectivity index (χ3n) is 5.52. The summed E-state index contributed by atoms with van der Waals surface area (Å²) in [6.07, 6.45) is 0.137. The van der Waals surface area contributed by atoms with Gasteiger partial charge in [0.2, 0.25) is 5.91 Å². The van der Waals surface area contributed by atoms with Crippen LogP contribution in [0.25, 0.3) is 5.69 Å². The van der Waals surface area contributed by atoms with Crippen molar-refractivity contribution in [1.82, 2.24) is 9.78 Å². The summed E-state index contributed by atoms with van der Waals surface area (Å²) in [6.45, 7) is 9.91. The Labute approximate surface area is 170 Å². The van der Waals surface area contributed by atoms with Crippen LogP contribution in [0.5, 0.6) is 0 Å². The number of aromatic nitrogens is 2. The van der Waals surface area contributed by atoms with E-state index in [2.05, 4.69) is 11.4 Å². The third-order valence-corrected chi connectivity index (χ3v) is 5.52. The molecule has 1 aromatic heterocycles. The van der Waals surface area contributed by atoms with E-state index in [0.717, 1.165) is 39.2 Å². The lowest BCUT2D eigenvalue weighted by Crippen LogP contribution is -2.28. The van der Waals surface area contributed by atoms with Crippen LogP contribution in [0.3, 0.4) is 0 Å². The summed E-state index contributed by atoms with van der Waals surface area (Å²) in [5, 5.41) is 7.65. The van der Waals surface area contributed by atoms with Crippen molar-refractivity contribution in [3.05, 3.63) is 75.5 Å². The van der Waals surface area contributed by atoms with Crippen molar-refractivity contribution in [3.63, 3.8) is 0 Å². The SMILES string of the molecule is Cc1cc(C)cc(-n2nc(C)c3c2NC(=O)CC3C(=O)c2ccc(C)cc2C)c1. The van der Waals surface area contributed by atoms with E-state index < -0.39 is 5.92 Å². The summed E-state index contributed by atoms with van der Waals surface area (Å²) >= 11 is 0. The summed E-state index contributed by atoms with van der Waals surface area (Å²) in [5.74, 6) is -0.112. The van der Waals surface area contributed by atoms with E-state index in [0.29, 0.717) is 11.4 Å². The van der Waals surface area contributed by atoms with Crippen LogP contribution in [0, 0.1) is 34.6 Å². The van der Waals surface area contributed by atoms with Crippen LogP contribution in [0.2, 0.25) is 0 Å².